The van der Waals surface area contributed by atoms with E-state index in [0.29, 0.717) is 6.42 Å². The fourth-order valence-electron chi connectivity index (χ4n) is 1.67. The number of allylic oxidation sites excluding steroid dienone is 1. The minimum absolute atomic E-state index is 0. The zero-order valence-electron chi connectivity index (χ0n) is 10.6. The fourth-order valence-corrected chi connectivity index (χ4v) is 1.67. The first kappa shape index (κ1) is 18.1. The van der Waals surface area contributed by atoms with Crippen molar-refractivity contribution in [3.8, 4) is 0 Å². The van der Waals surface area contributed by atoms with Gasteiger partial charge in [0, 0.05) is 0 Å². The first-order valence-electron chi connectivity index (χ1n) is 6.18. The molecule has 0 aliphatic heterocycles. The van der Waals surface area contributed by atoms with Crippen LogP contribution in [0.15, 0.2) is 12.7 Å². The van der Waals surface area contributed by atoms with Gasteiger partial charge in [-0.25, -0.2) is 0 Å². The Morgan fingerprint density at radius 1 is 1.22 bits per heavy atom. The number of carbonyl (C=O) groups is 1. The molecule has 1 unspecified atom stereocenters. The van der Waals surface area contributed by atoms with Gasteiger partial charge in [0.1, 0.15) is 0 Å². The number of carbonyl (C=O) groups excluding carboxylic acids is 1. The summed E-state index contributed by atoms with van der Waals surface area (Å²) in [6, 6.07) is -0.784. The van der Waals surface area contributed by atoms with Crippen molar-refractivity contribution in [2.45, 2.75) is 57.4 Å². The first-order valence-corrected chi connectivity index (χ1v) is 6.18. The van der Waals surface area contributed by atoms with Crippen LogP contribution in [0.4, 0.5) is 0 Å². The summed E-state index contributed by atoms with van der Waals surface area (Å²) >= 11 is 0. The van der Waals surface area contributed by atoms with Crippen molar-refractivity contribution >= 4 is 12.4 Å². The van der Waals surface area contributed by atoms with Crippen LogP contribution in [0.2, 0.25) is 0 Å². The van der Waals surface area contributed by atoms with E-state index < -0.39 is 12.0 Å². The molecular formula is C13H22FmNO3-. The van der Waals surface area contributed by atoms with Crippen LogP contribution in [0.25, 0.3) is 0 Å². The van der Waals surface area contributed by atoms with E-state index >= 15 is 0 Å². The maximum absolute atomic E-state index is 10.7. The summed E-state index contributed by atoms with van der Waals surface area (Å²) < 4.78 is 0. The quantitative estimate of drug-likeness (QED) is 0.189. The number of carboxylic acids is 1. The molecule has 2 N–H and O–H groups in total. The summed E-state index contributed by atoms with van der Waals surface area (Å²) in [7, 11) is 0. The Kier molecular flexibility index (Phi) is 12.8. The Morgan fingerprint density at radius 2 is 1.78 bits per heavy atom. The van der Waals surface area contributed by atoms with Crippen LogP contribution in [-0.2, 0) is 9.59 Å². The van der Waals surface area contributed by atoms with Gasteiger partial charge in [0.25, 0.3) is 0 Å². The molecule has 0 fully saturated rings. The summed E-state index contributed by atoms with van der Waals surface area (Å²) in [5.41, 5.74) is 0. The van der Waals surface area contributed by atoms with E-state index in [-0.39, 0.29) is 0 Å². The fraction of sp³-hybridized carbons (Fsp3) is 0.692. The second kappa shape index (κ2) is 12.7. The third-order valence-electron chi connectivity index (χ3n) is 2.68. The van der Waals surface area contributed by atoms with Crippen molar-refractivity contribution in [1.29, 1.82) is 0 Å². The molecule has 0 bridgehead atoms. The molecule has 0 heterocycles. The zero-order valence-corrected chi connectivity index (χ0v) is 13.0. The number of amides is 1. The van der Waals surface area contributed by atoms with E-state index in [0.717, 1.165) is 25.7 Å². The van der Waals surface area contributed by atoms with Crippen molar-refractivity contribution < 1.29 is 14.7 Å². The van der Waals surface area contributed by atoms with Gasteiger partial charge in [0.15, 0.2) is 0 Å². The van der Waals surface area contributed by atoms with Gasteiger partial charge in [-0.3, -0.25) is 4.79 Å². The molecule has 0 aromatic heterocycles. The summed E-state index contributed by atoms with van der Waals surface area (Å²) in [6.45, 7) is 3.67. The molecule has 0 aromatic carbocycles. The van der Waals surface area contributed by atoms with E-state index in [1.165, 1.54) is 25.7 Å². The molecule has 5 heteroatoms. The second-order valence-corrected chi connectivity index (χ2v) is 4.12. The van der Waals surface area contributed by atoms with Crippen LogP contribution in [0, 0.1) is 0 Å². The average Bonchev–Trinajstić information content (AvgIpc) is 2.31. The normalized spacial score (nSPS) is 11.1. The van der Waals surface area contributed by atoms with Crippen molar-refractivity contribution in [3.05, 3.63) is 12.7 Å². The molecule has 0 rings (SSSR count). The average molecular weight is 497 g/mol. The molecule has 18 heavy (non-hydrogen) atoms. The number of hydrogen-bond donors (Lipinski definition) is 2. The van der Waals surface area contributed by atoms with Gasteiger partial charge in [0.05, 0.1) is 6.04 Å². The Morgan fingerprint density at radius 3 is 2.28 bits per heavy atom. The number of aliphatic carboxylic acids is 1. The van der Waals surface area contributed by atoms with E-state index in [2.05, 4.69) is 11.9 Å². The summed E-state index contributed by atoms with van der Waals surface area (Å²) in [6.07, 6.45) is 11.4. The van der Waals surface area contributed by atoms with Gasteiger partial charge in [-0.2, -0.15) is 6.41 Å². The predicted octanol–water partition coefficient (Wildman–Crippen LogP) is 2.40. The Hall–Kier alpha value is -2.32. The molecule has 110 valence electrons. The molecule has 0 saturated carbocycles. The first-order chi connectivity index (χ1) is 8.22. The topological polar surface area (TPSA) is 66.4 Å². The minimum atomic E-state index is -0.987. The smallest absolute Gasteiger partial charge is 0.323 e. The molecule has 0 aliphatic rings. The summed E-state index contributed by atoms with van der Waals surface area (Å²) in [4.78, 5) is 20.7. The number of nitrogens with one attached hydrogen (secondary N) is 1. The van der Waals surface area contributed by atoms with Crippen molar-refractivity contribution in [1.82, 2.24) is 5.32 Å². The Balaban J connectivity index is 0. The maximum Gasteiger partial charge on any atom is 0.323 e. The third-order valence-corrected chi connectivity index (χ3v) is 2.68. The number of hydrogen-bond acceptors (Lipinski definition) is 2. The van der Waals surface area contributed by atoms with E-state index in [9.17, 15) is 9.59 Å². The van der Waals surface area contributed by atoms with Crippen molar-refractivity contribution in [2.75, 3.05) is 0 Å². The minimum Gasteiger partial charge on any atom is -0.520 e. The van der Waals surface area contributed by atoms with Crippen molar-refractivity contribution in [2.24, 2.45) is 0 Å². The molecule has 1 atom stereocenters. The van der Waals surface area contributed by atoms with Crippen LogP contribution in [0.1, 0.15) is 51.4 Å². The summed E-state index contributed by atoms with van der Waals surface area (Å²) in [5.74, 6) is -0.987. The van der Waals surface area contributed by atoms with Gasteiger partial charge in [-0.05, 0) is 19.3 Å². The van der Waals surface area contributed by atoms with Gasteiger partial charge in [-0.15, -0.1) is 6.58 Å². The van der Waals surface area contributed by atoms with Crippen LogP contribution in [0.5, 0.6) is 0 Å². The largest absolute Gasteiger partial charge is 0.520 e. The number of carboxylic acid groups (broad SMARTS) is 1. The van der Waals surface area contributed by atoms with E-state index in [1.807, 2.05) is 6.08 Å². The molecule has 0 radical (unpaired) electrons. The maximum atomic E-state index is 10.7. The molecule has 0 spiro atoms. The number of rotatable bonds is 12. The van der Waals surface area contributed by atoms with Crippen LogP contribution in [0.3, 0.4) is 0 Å². The predicted molar refractivity (Wildman–Crippen MR) is 67.4 cm³/mol. The van der Waals surface area contributed by atoms with E-state index in [1.54, 1.807) is 0 Å². The van der Waals surface area contributed by atoms with Crippen LogP contribution < -0.4 is 5.32 Å². The Labute approximate surface area is 103 Å². The monoisotopic (exact) mass is 497 g/mol. The number of unbranched alkanes of at least 4 members (excludes halogenated alkanes) is 6. The summed E-state index contributed by atoms with van der Waals surface area (Å²) in [5, 5.41) is 10.9. The molecule has 0 saturated heterocycles. The van der Waals surface area contributed by atoms with Gasteiger partial charge in [0.2, 0.25) is 0 Å². The zero-order chi connectivity index (χ0) is 12.9. The Bertz CT molecular complexity index is 234. The van der Waals surface area contributed by atoms with Gasteiger partial charge in [-0.1, -0.05) is 38.2 Å². The molecule has 0 aliphatic carbocycles. The van der Waals surface area contributed by atoms with Crippen LogP contribution in [-0.4, -0.2) is 23.5 Å². The third kappa shape index (κ3) is 10.2. The molecule has 1 amide bonds. The molecular weight excluding hydrogens is 475 g/mol. The van der Waals surface area contributed by atoms with E-state index in [4.69, 9.17) is 5.11 Å². The van der Waals surface area contributed by atoms with Gasteiger partial charge >= 0.3 is 5.97 Å². The standard InChI is InChI=1S/C13H22NO3.Fm/c1-2-3-4-5-6-7-8-9-10-12(13(16)17)14-11-15;/h2,12H,1,3-10H2,(H,14,15)(H,16,17);/q-1;. The van der Waals surface area contributed by atoms with Gasteiger partial charge < -0.3 is 15.2 Å². The SMILES string of the molecule is C=CCCCCCCCCC(N[C-]=O)C(=O)O.[Fm]. The van der Waals surface area contributed by atoms with Crippen molar-refractivity contribution in [3.63, 3.8) is 0 Å². The molecule has 4 nitrogen and oxygen atoms in total. The second-order valence-electron chi connectivity index (χ2n) is 4.12. The van der Waals surface area contributed by atoms with Crippen LogP contribution >= 0.6 is 0 Å². The molecule has 0 aromatic rings.